The molecule has 0 aromatic heterocycles. The Labute approximate surface area is 101 Å². The van der Waals surface area contributed by atoms with Crippen molar-refractivity contribution in [2.75, 3.05) is 25.0 Å². The Kier molecular flexibility index (Phi) is 3.01. The third kappa shape index (κ3) is 3.00. The first-order valence-electron chi connectivity index (χ1n) is 5.11. The third-order valence-electron chi connectivity index (χ3n) is 2.44. The number of thiol groups is 1. The Bertz CT molecular complexity index is 488. The van der Waals surface area contributed by atoms with Crippen molar-refractivity contribution >= 4 is 21.1 Å². The highest BCUT2D eigenvalue weighted by atomic mass is 32.3. The molecule has 2 N–H and O–H groups in total. The first-order chi connectivity index (χ1) is 7.49. The second-order valence-electron chi connectivity index (χ2n) is 5.92. The van der Waals surface area contributed by atoms with E-state index in [1.165, 1.54) is 18.2 Å². The van der Waals surface area contributed by atoms with E-state index in [1.54, 1.807) is 0 Å². The maximum absolute atomic E-state index is 11.2. The molecule has 0 spiro atoms. The number of carboxylic acid groups (broad SMARTS) is 2. The van der Waals surface area contributed by atoms with Gasteiger partial charge in [0.1, 0.15) is 0 Å². The van der Waals surface area contributed by atoms with Crippen LogP contribution in [0.25, 0.3) is 0 Å². The van der Waals surface area contributed by atoms with Crippen molar-refractivity contribution in [3.8, 4) is 0 Å². The largest absolute Gasteiger partial charge is 0.478 e. The predicted octanol–water partition coefficient (Wildman–Crippen LogP) is 2.03. The van der Waals surface area contributed by atoms with Gasteiger partial charge in [0.15, 0.2) is 0 Å². The molecule has 0 bridgehead atoms. The fraction of sp³-hybridized carbons (Fsp3) is 0.333. The summed E-state index contributed by atoms with van der Waals surface area (Å²) in [5.41, 5.74) is 0.328. The number of carbonyl (C=O) groups is 2. The van der Waals surface area contributed by atoms with E-state index in [4.69, 9.17) is 10.2 Å². The van der Waals surface area contributed by atoms with Crippen LogP contribution in [0, 0.1) is 0 Å². The first-order valence-corrected chi connectivity index (χ1v) is 9.13. The Morgan fingerprint density at radius 3 is 1.88 bits per heavy atom. The second-order valence-corrected chi connectivity index (χ2v) is 13.6. The highest BCUT2D eigenvalue weighted by Crippen LogP contribution is 2.64. The normalized spacial score (nSPS) is 13.8. The Hall–Kier alpha value is -1.49. The summed E-state index contributed by atoms with van der Waals surface area (Å²) >= 11 is 0. The molecule has 1 rings (SSSR count). The average molecular weight is 258 g/mol. The second kappa shape index (κ2) is 3.77. The average Bonchev–Trinajstić information content (AvgIpc) is 2.14. The lowest BCUT2D eigenvalue weighted by Gasteiger charge is -2.48. The summed E-state index contributed by atoms with van der Waals surface area (Å²) in [6.45, 7) is 0. The summed E-state index contributed by atoms with van der Waals surface area (Å²) in [4.78, 5) is 22.7. The minimum atomic E-state index is -2.33. The predicted molar refractivity (Wildman–Crippen MR) is 71.3 cm³/mol. The van der Waals surface area contributed by atoms with Crippen LogP contribution in [0.4, 0.5) is 0 Å². The molecule has 0 amide bonds. The number of aromatic carboxylic acids is 2. The van der Waals surface area contributed by atoms with Gasteiger partial charge in [0.25, 0.3) is 0 Å². The SMILES string of the molecule is C[SH](C)(C)(C)c1cc(C(=O)O)ccc1C(=O)O. The molecule has 0 atom stereocenters. The molecule has 4 nitrogen and oxygen atoms in total. The van der Waals surface area contributed by atoms with E-state index >= 15 is 0 Å². The molecule has 96 valence electrons. The molecule has 0 aliphatic heterocycles. The Morgan fingerprint density at radius 2 is 1.53 bits per heavy atom. The molecule has 0 radical (unpaired) electrons. The summed E-state index contributed by atoms with van der Waals surface area (Å²) in [6.07, 6.45) is 8.00. The number of rotatable bonds is 3. The molecular weight excluding hydrogens is 240 g/mol. The maximum atomic E-state index is 11.2. The molecule has 0 unspecified atom stereocenters. The Balaban J connectivity index is 3.59. The molecule has 5 heteroatoms. The molecule has 1 aromatic carbocycles. The van der Waals surface area contributed by atoms with Crippen molar-refractivity contribution in [3.05, 3.63) is 29.3 Å². The maximum Gasteiger partial charge on any atom is 0.336 e. The van der Waals surface area contributed by atoms with Crippen LogP contribution < -0.4 is 0 Å². The highest BCUT2D eigenvalue weighted by molar-refractivity contribution is 8.47. The third-order valence-corrected chi connectivity index (χ3v) is 4.74. The molecular formula is C12H18O4S. The molecule has 0 aliphatic carbocycles. The first kappa shape index (κ1) is 13.6. The van der Waals surface area contributed by atoms with Crippen molar-refractivity contribution in [1.29, 1.82) is 0 Å². The molecule has 0 saturated carbocycles. The van der Waals surface area contributed by atoms with Gasteiger partial charge in [-0.1, -0.05) is 0 Å². The highest BCUT2D eigenvalue weighted by Gasteiger charge is 2.28. The quantitative estimate of drug-likeness (QED) is 0.725. The van der Waals surface area contributed by atoms with Crippen LogP contribution in [0.3, 0.4) is 0 Å². The zero-order chi connectivity index (χ0) is 13.5. The number of carboxylic acids is 2. The van der Waals surface area contributed by atoms with E-state index in [1.807, 2.05) is 25.0 Å². The fourth-order valence-corrected chi connectivity index (χ4v) is 3.37. The van der Waals surface area contributed by atoms with Crippen molar-refractivity contribution in [2.45, 2.75) is 4.90 Å². The molecule has 0 aliphatic rings. The zero-order valence-corrected chi connectivity index (χ0v) is 11.3. The number of benzene rings is 1. The van der Waals surface area contributed by atoms with Gasteiger partial charge in [-0.2, -0.15) is 0 Å². The van der Waals surface area contributed by atoms with Crippen LogP contribution in [-0.4, -0.2) is 47.2 Å². The Morgan fingerprint density at radius 1 is 1.00 bits per heavy atom. The van der Waals surface area contributed by atoms with E-state index < -0.39 is 21.1 Å². The van der Waals surface area contributed by atoms with Crippen LogP contribution in [0.2, 0.25) is 0 Å². The van der Waals surface area contributed by atoms with Crippen molar-refractivity contribution in [2.24, 2.45) is 0 Å². The van der Waals surface area contributed by atoms with Crippen LogP contribution in [-0.2, 0) is 0 Å². The van der Waals surface area contributed by atoms with Gasteiger partial charge in [0.2, 0.25) is 0 Å². The molecule has 1 aromatic rings. The van der Waals surface area contributed by atoms with E-state index in [0.717, 1.165) is 0 Å². The topological polar surface area (TPSA) is 74.6 Å². The van der Waals surface area contributed by atoms with Gasteiger partial charge in [0, 0.05) is 0 Å². The molecule has 17 heavy (non-hydrogen) atoms. The van der Waals surface area contributed by atoms with Gasteiger partial charge in [0.05, 0.1) is 11.1 Å². The van der Waals surface area contributed by atoms with Crippen molar-refractivity contribution in [3.63, 3.8) is 0 Å². The summed E-state index contributed by atoms with van der Waals surface area (Å²) in [5, 5.41) is 18.1. The van der Waals surface area contributed by atoms with Crippen LogP contribution in [0.5, 0.6) is 0 Å². The summed E-state index contributed by atoms with van der Waals surface area (Å²) in [7, 11) is -2.33. The summed E-state index contributed by atoms with van der Waals surface area (Å²) in [6, 6.07) is 4.20. The molecule has 0 heterocycles. The zero-order valence-electron chi connectivity index (χ0n) is 10.4. The number of hydrogen-bond acceptors (Lipinski definition) is 2. The van der Waals surface area contributed by atoms with Crippen molar-refractivity contribution < 1.29 is 19.8 Å². The monoisotopic (exact) mass is 258 g/mol. The van der Waals surface area contributed by atoms with E-state index in [-0.39, 0.29) is 11.1 Å². The van der Waals surface area contributed by atoms with Crippen LogP contribution in [0.15, 0.2) is 23.1 Å². The lowest BCUT2D eigenvalue weighted by Crippen LogP contribution is -2.16. The van der Waals surface area contributed by atoms with Gasteiger partial charge in [-0.3, -0.25) is 9.16 Å². The lowest BCUT2D eigenvalue weighted by molar-refractivity contribution is 0.0678. The van der Waals surface area contributed by atoms with Gasteiger partial charge in [-0.25, -0.2) is 9.59 Å². The van der Waals surface area contributed by atoms with Crippen LogP contribution in [0.1, 0.15) is 20.7 Å². The minimum absolute atomic E-state index is 0.131. The molecule has 0 fully saturated rings. The van der Waals surface area contributed by atoms with Gasteiger partial charge >= 0.3 is 11.9 Å². The molecule has 0 saturated heterocycles. The summed E-state index contributed by atoms with van der Waals surface area (Å²) < 4.78 is 0. The fourth-order valence-electron chi connectivity index (χ4n) is 1.59. The van der Waals surface area contributed by atoms with Gasteiger partial charge in [-0.05, 0) is 48.1 Å². The lowest BCUT2D eigenvalue weighted by atomic mass is 10.1. The van der Waals surface area contributed by atoms with E-state index in [2.05, 4.69) is 0 Å². The van der Waals surface area contributed by atoms with Gasteiger partial charge in [-0.15, -0.1) is 0 Å². The van der Waals surface area contributed by atoms with Crippen molar-refractivity contribution in [1.82, 2.24) is 0 Å². The number of hydrogen-bond donors (Lipinski definition) is 3. The van der Waals surface area contributed by atoms with Gasteiger partial charge < -0.3 is 10.2 Å². The summed E-state index contributed by atoms with van der Waals surface area (Å²) in [5.74, 6) is -2.05. The van der Waals surface area contributed by atoms with E-state index in [0.29, 0.717) is 4.90 Å². The van der Waals surface area contributed by atoms with E-state index in [9.17, 15) is 9.59 Å². The standard InChI is InChI=1S/C12H18O4S/c1-17(2,3,4)10-7-8(11(13)14)5-6-9(10)12(15)16/h5-7,17H,1-4H3,(H,13,14)(H,15,16). The van der Waals surface area contributed by atoms with Crippen LogP contribution >= 0.6 is 9.16 Å². The minimum Gasteiger partial charge on any atom is -0.478 e. The smallest absolute Gasteiger partial charge is 0.336 e.